The highest BCUT2D eigenvalue weighted by Crippen LogP contribution is 2.37. The number of hydrogen-bond donors (Lipinski definition) is 3. The van der Waals surface area contributed by atoms with Crippen LogP contribution in [0.5, 0.6) is 0 Å². The fourth-order valence-corrected chi connectivity index (χ4v) is 2.84. The third-order valence-electron chi connectivity index (χ3n) is 4.24. The first-order valence-corrected chi connectivity index (χ1v) is 9.21. The molecule has 1 heterocycles. The van der Waals surface area contributed by atoms with E-state index in [1.807, 2.05) is 0 Å². The Morgan fingerprint density at radius 1 is 1.12 bits per heavy atom. The smallest absolute Gasteiger partial charge is 0.333 e. The normalized spacial score (nSPS) is 11.0. The summed E-state index contributed by atoms with van der Waals surface area (Å²) in [6.07, 6.45) is -3.72. The van der Waals surface area contributed by atoms with E-state index >= 15 is 0 Å². The van der Waals surface area contributed by atoms with E-state index in [-0.39, 0.29) is 10.7 Å². The highest BCUT2D eigenvalue weighted by molar-refractivity contribution is 6.33. The summed E-state index contributed by atoms with van der Waals surface area (Å²) in [5.41, 5.74) is 3.67. The van der Waals surface area contributed by atoms with Gasteiger partial charge in [0.05, 0.1) is 21.2 Å². The lowest BCUT2D eigenvalue weighted by Crippen LogP contribution is -2.30. The molecule has 3 aromatic rings. The molecule has 9 nitrogen and oxygen atoms in total. The number of anilines is 3. The molecule has 2 aromatic carbocycles. The van der Waals surface area contributed by atoms with Gasteiger partial charge in [-0.15, -0.1) is 0 Å². The minimum atomic E-state index is -4.65. The van der Waals surface area contributed by atoms with Crippen LogP contribution in [0.3, 0.4) is 0 Å². The van der Waals surface area contributed by atoms with Crippen LogP contribution in [0.15, 0.2) is 48.8 Å². The van der Waals surface area contributed by atoms with Gasteiger partial charge >= 0.3 is 11.9 Å². The maximum Gasteiger partial charge on any atom is 0.416 e. The molecule has 0 aliphatic carbocycles. The second-order valence-electron chi connectivity index (χ2n) is 6.39. The summed E-state index contributed by atoms with van der Waals surface area (Å²) in [4.78, 5) is 30.6. The maximum atomic E-state index is 13.0. The number of carbonyl (C=O) groups excluding carboxylic acids is 1. The van der Waals surface area contributed by atoms with Crippen LogP contribution in [0.2, 0.25) is 5.02 Å². The van der Waals surface area contributed by atoms with Gasteiger partial charge in [-0.2, -0.15) is 13.2 Å². The maximum absolute atomic E-state index is 13.0. The van der Waals surface area contributed by atoms with E-state index in [4.69, 9.17) is 11.6 Å². The molecule has 0 spiro atoms. The summed E-state index contributed by atoms with van der Waals surface area (Å²) in [5, 5.41) is 13.9. The van der Waals surface area contributed by atoms with Crippen molar-refractivity contribution in [2.24, 2.45) is 0 Å². The Hall–Kier alpha value is -3.93. The van der Waals surface area contributed by atoms with Crippen LogP contribution in [0.4, 0.5) is 36.2 Å². The molecule has 0 saturated carbocycles. The van der Waals surface area contributed by atoms with E-state index in [1.54, 1.807) is 31.2 Å². The quantitative estimate of drug-likeness (QED) is 0.350. The van der Waals surface area contributed by atoms with Crippen LogP contribution in [0.1, 0.15) is 21.5 Å². The molecule has 3 N–H and O–H groups in total. The standard InChI is InChI=1S/C19H14ClF3N6O3/c1-10-4-2-3-5-12(10)18(30)28-27-17-15(29(31)32)16(24-9-25-17)26-14-8-11(19(21,22)23)6-7-13(14)20/h2-9H,1H3,(H,28,30)(H2,24,25,26,27). The van der Waals surface area contributed by atoms with Crippen molar-refractivity contribution in [3.63, 3.8) is 0 Å². The lowest BCUT2D eigenvalue weighted by molar-refractivity contribution is -0.383. The van der Waals surface area contributed by atoms with Gasteiger partial charge < -0.3 is 5.32 Å². The van der Waals surface area contributed by atoms with Gasteiger partial charge in [-0.25, -0.2) is 9.97 Å². The first-order chi connectivity index (χ1) is 15.1. The first kappa shape index (κ1) is 22.7. The van der Waals surface area contributed by atoms with Crippen molar-refractivity contribution in [3.05, 3.63) is 80.6 Å². The minimum absolute atomic E-state index is 0.117. The van der Waals surface area contributed by atoms with Gasteiger partial charge in [0.25, 0.3) is 5.91 Å². The summed E-state index contributed by atoms with van der Waals surface area (Å²) < 4.78 is 39.0. The first-order valence-electron chi connectivity index (χ1n) is 8.83. The van der Waals surface area contributed by atoms with Crippen molar-refractivity contribution >= 4 is 40.5 Å². The number of hydrazine groups is 1. The number of rotatable bonds is 6. The Labute approximate surface area is 183 Å². The molecule has 0 bridgehead atoms. The second kappa shape index (κ2) is 9.06. The lowest BCUT2D eigenvalue weighted by atomic mass is 10.1. The molecule has 32 heavy (non-hydrogen) atoms. The van der Waals surface area contributed by atoms with Crippen LogP contribution >= 0.6 is 11.6 Å². The number of nitro groups is 1. The van der Waals surface area contributed by atoms with Crippen molar-refractivity contribution in [2.75, 3.05) is 10.7 Å². The molecule has 0 aliphatic rings. The van der Waals surface area contributed by atoms with Crippen LogP contribution in [0.25, 0.3) is 0 Å². The third-order valence-corrected chi connectivity index (χ3v) is 4.57. The second-order valence-corrected chi connectivity index (χ2v) is 6.80. The van der Waals surface area contributed by atoms with Crippen molar-refractivity contribution in [1.29, 1.82) is 0 Å². The molecular weight excluding hydrogens is 453 g/mol. The zero-order chi connectivity index (χ0) is 23.5. The average Bonchev–Trinajstić information content (AvgIpc) is 2.73. The molecule has 0 unspecified atom stereocenters. The number of aryl methyl sites for hydroxylation is 1. The molecule has 0 aliphatic heterocycles. The SMILES string of the molecule is Cc1ccccc1C(=O)NNc1ncnc(Nc2cc(C(F)(F)F)ccc2Cl)c1[N+](=O)[O-]. The minimum Gasteiger partial charge on any atom is -0.333 e. The molecule has 0 fully saturated rings. The molecule has 0 saturated heterocycles. The number of nitrogens with zero attached hydrogens (tertiary/aromatic N) is 3. The summed E-state index contributed by atoms with van der Waals surface area (Å²) in [7, 11) is 0. The van der Waals surface area contributed by atoms with E-state index in [2.05, 4.69) is 26.1 Å². The molecule has 3 rings (SSSR count). The Morgan fingerprint density at radius 2 is 1.81 bits per heavy atom. The summed E-state index contributed by atoms with van der Waals surface area (Å²) in [6.45, 7) is 1.71. The number of amides is 1. The Bertz CT molecular complexity index is 1190. The monoisotopic (exact) mass is 466 g/mol. The van der Waals surface area contributed by atoms with Crippen molar-refractivity contribution in [2.45, 2.75) is 13.1 Å². The number of hydrogen-bond acceptors (Lipinski definition) is 7. The Balaban J connectivity index is 1.90. The van der Waals surface area contributed by atoms with E-state index < -0.39 is 39.9 Å². The van der Waals surface area contributed by atoms with Crippen molar-refractivity contribution in [3.8, 4) is 0 Å². The van der Waals surface area contributed by atoms with Gasteiger partial charge in [0.15, 0.2) is 0 Å². The zero-order valence-electron chi connectivity index (χ0n) is 16.2. The number of carbonyl (C=O) groups is 1. The van der Waals surface area contributed by atoms with E-state index in [1.165, 1.54) is 0 Å². The average molecular weight is 467 g/mol. The van der Waals surface area contributed by atoms with Crippen molar-refractivity contribution < 1.29 is 22.9 Å². The van der Waals surface area contributed by atoms with Crippen molar-refractivity contribution in [1.82, 2.24) is 15.4 Å². The van der Waals surface area contributed by atoms with Crippen LogP contribution in [0, 0.1) is 17.0 Å². The number of nitrogens with one attached hydrogen (secondary N) is 3. The van der Waals surface area contributed by atoms with Gasteiger partial charge in [-0.3, -0.25) is 25.8 Å². The number of aromatic nitrogens is 2. The third kappa shape index (κ3) is 5.03. The van der Waals surface area contributed by atoms with Gasteiger partial charge in [-0.1, -0.05) is 29.8 Å². The Kier molecular flexibility index (Phi) is 6.44. The molecule has 1 amide bonds. The summed E-state index contributed by atoms with van der Waals surface area (Å²) >= 11 is 5.94. The van der Waals surface area contributed by atoms with E-state index in [9.17, 15) is 28.1 Å². The predicted octanol–water partition coefficient (Wildman–Crippen LogP) is 4.87. The largest absolute Gasteiger partial charge is 0.416 e. The van der Waals surface area contributed by atoms with Gasteiger partial charge in [-0.05, 0) is 36.8 Å². The van der Waals surface area contributed by atoms with Gasteiger partial charge in [0, 0.05) is 5.56 Å². The lowest BCUT2D eigenvalue weighted by Gasteiger charge is -2.13. The fraction of sp³-hybridized carbons (Fsp3) is 0.105. The van der Waals surface area contributed by atoms with E-state index in [0.717, 1.165) is 18.5 Å². The molecule has 0 radical (unpaired) electrons. The van der Waals surface area contributed by atoms with Crippen LogP contribution < -0.4 is 16.2 Å². The van der Waals surface area contributed by atoms with Gasteiger partial charge in [0.1, 0.15) is 6.33 Å². The number of benzene rings is 2. The highest BCUT2D eigenvalue weighted by atomic mass is 35.5. The molecule has 166 valence electrons. The van der Waals surface area contributed by atoms with Crippen LogP contribution in [-0.2, 0) is 6.18 Å². The Morgan fingerprint density at radius 3 is 2.47 bits per heavy atom. The number of alkyl halides is 3. The predicted molar refractivity (Wildman–Crippen MR) is 111 cm³/mol. The van der Waals surface area contributed by atoms with Gasteiger partial charge in [0.2, 0.25) is 11.6 Å². The molecule has 1 aromatic heterocycles. The molecule has 13 heteroatoms. The van der Waals surface area contributed by atoms with Crippen LogP contribution in [-0.4, -0.2) is 20.8 Å². The highest BCUT2D eigenvalue weighted by Gasteiger charge is 2.31. The fourth-order valence-electron chi connectivity index (χ4n) is 2.67. The number of halogens is 4. The van der Waals surface area contributed by atoms with E-state index in [0.29, 0.717) is 17.2 Å². The molecule has 0 atom stereocenters. The topological polar surface area (TPSA) is 122 Å². The summed E-state index contributed by atoms with van der Waals surface area (Å²) in [6, 6.07) is 9.13. The molecular formula is C19H14ClF3N6O3. The zero-order valence-corrected chi connectivity index (χ0v) is 17.0. The summed E-state index contributed by atoms with van der Waals surface area (Å²) in [5.74, 6) is -1.40.